The van der Waals surface area contributed by atoms with Crippen LogP contribution in [-0.2, 0) is 14.3 Å². The molecule has 4 rings (SSSR count). The fourth-order valence-corrected chi connectivity index (χ4v) is 6.08. The van der Waals surface area contributed by atoms with Crippen LogP contribution in [0.3, 0.4) is 0 Å². The van der Waals surface area contributed by atoms with Crippen molar-refractivity contribution in [2.24, 2.45) is 17.8 Å². The van der Waals surface area contributed by atoms with Gasteiger partial charge < -0.3 is 24.4 Å². The molecular weight excluding hydrogens is 456 g/mol. The molecule has 2 N–H and O–H groups in total. The zero-order valence-corrected chi connectivity index (χ0v) is 22.1. The summed E-state index contributed by atoms with van der Waals surface area (Å²) in [4.78, 5) is 13.4. The number of hydrogen-bond donors (Lipinski definition) is 2. The van der Waals surface area contributed by atoms with Gasteiger partial charge in [-0.2, -0.15) is 0 Å². The Labute approximate surface area is 215 Å². The summed E-state index contributed by atoms with van der Waals surface area (Å²) in [5.41, 5.74) is 3.02. The van der Waals surface area contributed by atoms with Crippen LogP contribution in [0.5, 0.6) is 5.75 Å². The Kier molecular flexibility index (Phi) is 8.91. The number of carbonyl (C=O) groups is 1. The molecule has 3 aliphatic rings. The van der Waals surface area contributed by atoms with E-state index in [-0.39, 0.29) is 30.0 Å². The number of fused-ring (bicyclic) bond motifs is 1. The lowest BCUT2D eigenvalue weighted by atomic mass is 9.66. The van der Waals surface area contributed by atoms with Gasteiger partial charge in [-0.15, -0.1) is 0 Å². The van der Waals surface area contributed by atoms with Crippen molar-refractivity contribution in [1.82, 2.24) is 0 Å². The van der Waals surface area contributed by atoms with Gasteiger partial charge in [0.25, 0.3) is 0 Å². The summed E-state index contributed by atoms with van der Waals surface area (Å²) in [6, 6.07) is 5.93. The molecule has 6 heteroatoms. The predicted molar refractivity (Wildman–Crippen MR) is 139 cm³/mol. The third-order valence-corrected chi connectivity index (χ3v) is 8.10. The summed E-state index contributed by atoms with van der Waals surface area (Å²) < 4.78 is 18.2. The van der Waals surface area contributed by atoms with Gasteiger partial charge in [-0.05, 0) is 74.5 Å². The Balaban J connectivity index is 1.49. The number of rotatable bonds is 8. The number of allylic oxidation sites excluding steroid dienone is 2. The molecule has 1 fully saturated rings. The number of aliphatic hydroxyl groups excluding tert-OH is 2. The van der Waals surface area contributed by atoms with Crippen LogP contribution in [0.15, 0.2) is 42.0 Å². The van der Waals surface area contributed by atoms with Gasteiger partial charge in [-0.1, -0.05) is 50.3 Å². The van der Waals surface area contributed by atoms with Crippen molar-refractivity contribution in [2.75, 3.05) is 6.61 Å². The van der Waals surface area contributed by atoms with E-state index in [2.05, 4.69) is 19.1 Å². The molecule has 36 heavy (non-hydrogen) atoms. The SMILES string of the molecule is CCC(Oc1c(C)cccc1C)C(=O)O[C@H]1C[C@H](O)C=C2C=C[C@H](C)[C@H](CC[C@@H]3C[C@H](O)CCO3)[C@H]21. The van der Waals surface area contributed by atoms with Crippen molar-refractivity contribution < 1.29 is 29.2 Å². The van der Waals surface area contributed by atoms with Gasteiger partial charge in [0.2, 0.25) is 0 Å². The molecule has 198 valence electrons. The Morgan fingerprint density at radius 1 is 1.17 bits per heavy atom. The molecule has 2 aliphatic carbocycles. The number of ether oxygens (including phenoxy) is 3. The topological polar surface area (TPSA) is 85.2 Å². The second-order valence-electron chi connectivity index (χ2n) is 10.8. The maximum absolute atomic E-state index is 13.4. The van der Waals surface area contributed by atoms with Crippen LogP contribution >= 0.6 is 0 Å². The standard InChI is InChI=1S/C30H42O6/c1-5-26(35-29-19(3)7-6-8-20(29)4)30(33)36-27-17-23(32)15-21-10-9-18(2)25(28(21)27)12-11-24-16-22(31)13-14-34-24/h6-10,15,18,22-28,31-32H,5,11-14,16-17H2,1-4H3/t18-,22+,23+,24+,25-,26?,27-,28-/m0/s1. The van der Waals surface area contributed by atoms with Gasteiger partial charge in [0.1, 0.15) is 11.9 Å². The molecule has 1 unspecified atom stereocenters. The lowest BCUT2D eigenvalue weighted by Gasteiger charge is -2.43. The van der Waals surface area contributed by atoms with Crippen molar-refractivity contribution in [1.29, 1.82) is 0 Å². The van der Waals surface area contributed by atoms with Gasteiger partial charge >= 0.3 is 5.97 Å². The van der Waals surface area contributed by atoms with Crippen molar-refractivity contribution in [3.63, 3.8) is 0 Å². The molecule has 0 aromatic heterocycles. The summed E-state index contributed by atoms with van der Waals surface area (Å²) in [6.07, 6.45) is 8.22. The van der Waals surface area contributed by atoms with E-state index in [4.69, 9.17) is 14.2 Å². The fourth-order valence-electron chi connectivity index (χ4n) is 6.08. The number of carbonyl (C=O) groups excluding carboxylic acids is 1. The molecule has 1 aromatic carbocycles. The van der Waals surface area contributed by atoms with E-state index in [1.165, 1.54) is 0 Å². The summed E-state index contributed by atoms with van der Waals surface area (Å²) >= 11 is 0. The molecule has 1 saturated heterocycles. The monoisotopic (exact) mass is 498 g/mol. The highest BCUT2D eigenvalue weighted by molar-refractivity contribution is 5.75. The quantitative estimate of drug-likeness (QED) is 0.500. The number of para-hydroxylation sites is 1. The Hall–Kier alpha value is -2.15. The van der Waals surface area contributed by atoms with E-state index in [0.717, 1.165) is 35.3 Å². The van der Waals surface area contributed by atoms with Gasteiger partial charge in [0, 0.05) is 18.9 Å². The van der Waals surface area contributed by atoms with E-state index in [9.17, 15) is 15.0 Å². The van der Waals surface area contributed by atoms with Gasteiger partial charge in [-0.3, -0.25) is 0 Å². The first-order valence-corrected chi connectivity index (χ1v) is 13.6. The van der Waals surface area contributed by atoms with Gasteiger partial charge in [-0.25, -0.2) is 4.79 Å². The smallest absolute Gasteiger partial charge is 0.347 e. The largest absolute Gasteiger partial charge is 0.478 e. The molecular formula is C30H42O6. The first-order chi connectivity index (χ1) is 17.3. The average Bonchev–Trinajstić information content (AvgIpc) is 2.83. The number of aryl methyl sites for hydroxylation is 2. The van der Waals surface area contributed by atoms with Crippen LogP contribution in [0.25, 0.3) is 0 Å². The third-order valence-electron chi connectivity index (χ3n) is 8.10. The molecule has 0 spiro atoms. The van der Waals surface area contributed by atoms with E-state index in [1.807, 2.05) is 45.0 Å². The second-order valence-corrected chi connectivity index (χ2v) is 10.8. The van der Waals surface area contributed by atoms with E-state index in [0.29, 0.717) is 38.2 Å². The van der Waals surface area contributed by atoms with Crippen molar-refractivity contribution in [3.8, 4) is 5.75 Å². The molecule has 0 saturated carbocycles. The number of benzene rings is 1. The van der Waals surface area contributed by atoms with Crippen LogP contribution in [-0.4, -0.2) is 53.3 Å². The fraction of sp³-hybridized carbons (Fsp3) is 0.633. The third kappa shape index (κ3) is 6.21. The van der Waals surface area contributed by atoms with E-state index in [1.54, 1.807) is 0 Å². The minimum absolute atomic E-state index is 0.0172. The highest BCUT2D eigenvalue weighted by Gasteiger charge is 2.43. The minimum Gasteiger partial charge on any atom is -0.478 e. The zero-order valence-electron chi connectivity index (χ0n) is 22.1. The summed E-state index contributed by atoms with van der Waals surface area (Å²) in [5.74, 6) is 0.938. The van der Waals surface area contributed by atoms with Gasteiger partial charge in [0.05, 0.1) is 18.3 Å². The van der Waals surface area contributed by atoms with Crippen LogP contribution in [0.4, 0.5) is 0 Å². The maximum Gasteiger partial charge on any atom is 0.347 e. The zero-order chi connectivity index (χ0) is 25.8. The molecule has 0 amide bonds. The van der Waals surface area contributed by atoms with Gasteiger partial charge in [0.15, 0.2) is 6.10 Å². The summed E-state index contributed by atoms with van der Waals surface area (Å²) in [7, 11) is 0. The minimum atomic E-state index is -0.705. The molecule has 1 heterocycles. The van der Waals surface area contributed by atoms with Crippen LogP contribution < -0.4 is 4.74 Å². The normalized spacial score (nSPS) is 32.8. The molecule has 1 aliphatic heterocycles. The van der Waals surface area contributed by atoms with Crippen LogP contribution in [0.2, 0.25) is 0 Å². The predicted octanol–water partition coefficient (Wildman–Crippen LogP) is 4.82. The Morgan fingerprint density at radius 3 is 2.61 bits per heavy atom. The van der Waals surface area contributed by atoms with E-state index < -0.39 is 18.3 Å². The van der Waals surface area contributed by atoms with Crippen molar-refractivity contribution in [2.45, 2.75) is 96.7 Å². The number of esters is 1. The Bertz CT molecular complexity index is 948. The second kappa shape index (κ2) is 11.9. The molecule has 8 atom stereocenters. The highest BCUT2D eigenvalue weighted by atomic mass is 16.6. The van der Waals surface area contributed by atoms with Crippen LogP contribution in [0, 0.1) is 31.6 Å². The van der Waals surface area contributed by atoms with Crippen molar-refractivity contribution >= 4 is 5.97 Å². The first kappa shape index (κ1) is 26.9. The first-order valence-electron chi connectivity index (χ1n) is 13.6. The molecule has 0 bridgehead atoms. The van der Waals surface area contributed by atoms with Crippen molar-refractivity contribution in [3.05, 3.63) is 53.1 Å². The lowest BCUT2D eigenvalue weighted by Crippen LogP contribution is -2.44. The highest BCUT2D eigenvalue weighted by Crippen LogP contribution is 2.44. The lowest BCUT2D eigenvalue weighted by molar-refractivity contribution is -0.163. The van der Waals surface area contributed by atoms with Crippen LogP contribution in [0.1, 0.15) is 63.5 Å². The maximum atomic E-state index is 13.4. The average molecular weight is 499 g/mol. The number of hydrogen-bond acceptors (Lipinski definition) is 6. The summed E-state index contributed by atoms with van der Waals surface area (Å²) in [5, 5.41) is 20.6. The van der Waals surface area contributed by atoms with E-state index >= 15 is 0 Å². The molecule has 0 radical (unpaired) electrons. The Morgan fingerprint density at radius 2 is 1.92 bits per heavy atom. The molecule has 1 aromatic rings. The summed E-state index contributed by atoms with van der Waals surface area (Å²) in [6.45, 7) is 8.69. The number of aliphatic hydroxyl groups is 2. The molecule has 6 nitrogen and oxygen atoms in total.